The van der Waals surface area contributed by atoms with Crippen LogP contribution in [0.4, 0.5) is 13.2 Å². The Labute approximate surface area is 133 Å². The number of hydrogen-bond acceptors (Lipinski definition) is 5. The average molecular weight is 342 g/mol. The van der Waals surface area contributed by atoms with E-state index < -0.39 is 12.1 Å². The summed E-state index contributed by atoms with van der Waals surface area (Å²) >= 11 is 0. The molecule has 1 aliphatic heterocycles. The number of H-pyrrole nitrogens is 1. The number of rotatable bonds is 2. The molecule has 128 valence electrons. The number of pyridine rings is 1. The number of aromatic amines is 1. The van der Waals surface area contributed by atoms with Gasteiger partial charge in [0.15, 0.2) is 0 Å². The summed E-state index contributed by atoms with van der Waals surface area (Å²) in [6, 6.07) is 2.69. The van der Waals surface area contributed by atoms with Crippen molar-refractivity contribution in [1.82, 2.24) is 20.1 Å². The van der Waals surface area contributed by atoms with Gasteiger partial charge in [0, 0.05) is 31.3 Å². The number of hydrogen-bond donors (Lipinski definition) is 1. The summed E-state index contributed by atoms with van der Waals surface area (Å²) in [5.41, 5.74) is 0.0484. The molecule has 3 rings (SSSR count). The largest absolute Gasteiger partial charge is 0.470 e. The molecule has 7 nitrogen and oxygen atoms in total. The number of aromatic nitrogens is 3. The topological polar surface area (TPSA) is 92.1 Å². The molecule has 0 bridgehead atoms. The lowest BCUT2D eigenvalue weighted by molar-refractivity contribution is -0.157. The van der Waals surface area contributed by atoms with Crippen LogP contribution in [0.15, 0.2) is 27.5 Å². The molecule has 2 aromatic heterocycles. The first kappa shape index (κ1) is 16.2. The minimum absolute atomic E-state index is 0.0570. The standard InChI is InChI=1S/C14H13F3N4O3/c15-14(16,17)13-20-19-11(24-13)8-3-5-21(6-4-8)12(23)9-1-2-10(22)18-7-9/h1-2,7-8H,3-6H2,(H,18,22). The molecule has 0 atom stereocenters. The minimum Gasteiger partial charge on any atom is -0.417 e. The van der Waals surface area contributed by atoms with Gasteiger partial charge in [0.05, 0.1) is 5.56 Å². The van der Waals surface area contributed by atoms with E-state index >= 15 is 0 Å². The van der Waals surface area contributed by atoms with Gasteiger partial charge in [-0.05, 0) is 18.9 Å². The molecule has 2 aromatic rings. The smallest absolute Gasteiger partial charge is 0.417 e. The first-order chi connectivity index (χ1) is 11.3. The third kappa shape index (κ3) is 3.31. The summed E-state index contributed by atoms with van der Waals surface area (Å²) in [7, 11) is 0. The van der Waals surface area contributed by atoms with Crippen LogP contribution >= 0.6 is 0 Å². The Bertz CT molecular complexity index is 771. The van der Waals surface area contributed by atoms with Crippen molar-refractivity contribution in [2.24, 2.45) is 0 Å². The van der Waals surface area contributed by atoms with Crippen molar-refractivity contribution < 1.29 is 22.4 Å². The summed E-state index contributed by atoms with van der Waals surface area (Å²) in [4.78, 5) is 27.3. The van der Waals surface area contributed by atoms with E-state index in [0.29, 0.717) is 31.5 Å². The molecule has 3 heterocycles. The van der Waals surface area contributed by atoms with Crippen LogP contribution in [0.5, 0.6) is 0 Å². The number of carbonyl (C=O) groups excluding carboxylic acids is 1. The summed E-state index contributed by atoms with van der Waals surface area (Å²) in [6.45, 7) is 0.707. The fourth-order valence-electron chi connectivity index (χ4n) is 2.57. The number of piperidine rings is 1. The quantitative estimate of drug-likeness (QED) is 0.898. The molecule has 0 saturated carbocycles. The number of halogens is 3. The van der Waals surface area contributed by atoms with Gasteiger partial charge in [0.25, 0.3) is 5.91 Å². The Morgan fingerprint density at radius 1 is 1.25 bits per heavy atom. The lowest BCUT2D eigenvalue weighted by Gasteiger charge is -2.30. The molecule has 10 heteroatoms. The van der Waals surface area contributed by atoms with E-state index in [1.807, 2.05) is 0 Å². The SMILES string of the molecule is O=C(c1ccc(=O)[nH]c1)N1CCC(c2nnc(C(F)(F)F)o2)CC1. The molecule has 1 fully saturated rings. The zero-order chi connectivity index (χ0) is 17.3. The van der Waals surface area contributed by atoms with Gasteiger partial charge in [0.1, 0.15) is 0 Å². The van der Waals surface area contributed by atoms with Gasteiger partial charge in [-0.25, -0.2) is 0 Å². The summed E-state index contributed by atoms with van der Waals surface area (Å²) in [5.74, 6) is -1.97. The number of alkyl halides is 3. The first-order valence-electron chi connectivity index (χ1n) is 7.23. The Balaban J connectivity index is 1.63. The van der Waals surface area contributed by atoms with Crippen LogP contribution < -0.4 is 5.56 Å². The Morgan fingerprint density at radius 2 is 1.96 bits per heavy atom. The predicted molar refractivity (Wildman–Crippen MR) is 74.2 cm³/mol. The first-order valence-corrected chi connectivity index (χ1v) is 7.23. The minimum atomic E-state index is -4.66. The Hall–Kier alpha value is -2.65. The number of nitrogens with zero attached hydrogens (tertiary/aromatic N) is 3. The van der Waals surface area contributed by atoms with Crippen LogP contribution in [0.2, 0.25) is 0 Å². The second kappa shape index (κ2) is 6.10. The van der Waals surface area contributed by atoms with Gasteiger partial charge < -0.3 is 14.3 Å². The second-order valence-electron chi connectivity index (χ2n) is 5.45. The molecule has 0 spiro atoms. The number of amides is 1. The maximum absolute atomic E-state index is 12.5. The predicted octanol–water partition coefficient (Wildman–Crippen LogP) is 1.80. The summed E-state index contributed by atoms with van der Waals surface area (Å²) in [5, 5.41) is 6.48. The van der Waals surface area contributed by atoms with Crippen molar-refractivity contribution in [3.05, 3.63) is 46.0 Å². The molecule has 24 heavy (non-hydrogen) atoms. The van der Waals surface area contributed by atoms with Gasteiger partial charge in [-0.1, -0.05) is 0 Å². The third-order valence-corrected chi connectivity index (χ3v) is 3.85. The van der Waals surface area contributed by atoms with Crippen LogP contribution in [0, 0.1) is 0 Å². The normalized spacial score (nSPS) is 16.4. The highest BCUT2D eigenvalue weighted by atomic mass is 19.4. The zero-order valence-electron chi connectivity index (χ0n) is 12.3. The van der Waals surface area contributed by atoms with Crippen LogP contribution in [-0.2, 0) is 6.18 Å². The van der Waals surface area contributed by atoms with Crippen LogP contribution in [0.1, 0.15) is 40.9 Å². The van der Waals surface area contributed by atoms with Gasteiger partial charge >= 0.3 is 12.1 Å². The van der Waals surface area contributed by atoms with Gasteiger partial charge in [0.2, 0.25) is 11.4 Å². The van der Waals surface area contributed by atoms with Gasteiger partial charge in [-0.15, -0.1) is 10.2 Å². The molecule has 0 radical (unpaired) electrons. The summed E-state index contributed by atoms with van der Waals surface area (Å²) in [6.07, 6.45) is -2.47. The van der Waals surface area contributed by atoms with Crippen molar-refractivity contribution in [2.45, 2.75) is 24.9 Å². The maximum Gasteiger partial charge on any atom is 0.470 e. The third-order valence-electron chi connectivity index (χ3n) is 3.85. The summed E-state index contributed by atoms with van der Waals surface area (Å²) < 4.78 is 42.1. The fraction of sp³-hybridized carbons (Fsp3) is 0.429. The molecule has 0 unspecified atom stereocenters. The van der Waals surface area contributed by atoms with Crippen molar-refractivity contribution >= 4 is 5.91 Å². The van der Waals surface area contributed by atoms with Crippen molar-refractivity contribution in [2.75, 3.05) is 13.1 Å². The van der Waals surface area contributed by atoms with Crippen LogP contribution in [-0.4, -0.2) is 39.1 Å². The van der Waals surface area contributed by atoms with E-state index in [1.165, 1.54) is 18.3 Å². The number of carbonyl (C=O) groups is 1. The molecule has 1 N–H and O–H groups in total. The van der Waals surface area contributed by atoms with E-state index in [1.54, 1.807) is 4.90 Å². The lowest BCUT2D eigenvalue weighted by Crippen LogP contribution is -2.38. The Morgan fingerprint density at radius 3 is 2.50 bits per heavy atom. The lowest BCUT2D eigenvalue weighted by atomic mass is 9.96. The average Bonchev–Trinajstić information content (AvgIpc) is 3.05. The maximum atomic E-state index is 12.5. The van der Waals surface area contributed by atoms with E-state index in [0.717, 1.165) is 0 Å². The van der Waals surface area contributed by atoms with E-state index in [-0.39, 0.29) is 23.3 Å². The molecule has 0 aromatic carbocycles. The Kier molecular flexibility index (Phi) is 4.12. The van der Waals surface area contributed by atoms with E-state index in [9.17, 15) is 22.8 Å². The highest BCUT2D eigenvalue weighted by Gasteiger charge is 2.39. The van der Waals surface area contributed by atoms with Crippen LogP contribution in [0.3, 0.4) is 0 Å². The highest BCUT2D eigenvalue weighted by molar-refractivity contribution is 5.93. The monoisotopic (exact) mass is 342 g/mol. The highest BCUT2D eigenvalue weighted by Crippen LogP contribution is 2.32. The molecular formula is C14H13F3N4O3. The van der Waals surface area contributed by atoms with Gasteiger partial charge in [-0.2, -0.15) is 13.2 Å². The van der Waals surface area contributed by atoms with Crippen molar-refractivity contribution in [3.63, 3.8) is 0 Å². The van der Waals surface area contributed by atoms with Crippen LogP contribution in [0.25, 0.3) is 0 Å². The van der Waals surface area contributed by atoms with E-state index in [4.69, 9.17) is 4.42 Å². The van der Waals surface area contributed by atoms with Crippen molar-refractivity contribution in [3.8, 4) is 0 Å². The number of nitrogens with one attached hydrogen (secondary N) is 1. The van der Waals surface area contributed by atoms with Crippen molar-refractivity contribution in [1.29, 1.82) is 0 Å². The fourth-order valence-corrected chi connectivity index (χ4v) is 2.57. The van der Waals surface area contributed by atoms with E-state index in [2.05, 4.69) is 15.2 Å². The molecule has 0 aliphatic carbocycles. The molecule has 1 amide bonds. The molecule has 1 aliphatic rings. The van der Waals surface area contributed by atoms with Gasteiger partial charge in [-0.3, -0.25) is 9.59 Å². The second-order valence-corrected chi connectivity index (χ2v) is 5.45. The number of likely N-dealkylation sites (tertiary alicyclic amines) is 1. The molecular weight excluding hydrogens is 329 g/mol. The molecule has 1 saturated heterocycles. The zero-order valence-corrected chi connectivity index (χ0v) is 12.3.